The summed E-state index contributed by atoms with van der Waals surface area (Å²) in [7, 11) is -4.71. The largest absolute Gasteiger partial charge is 0.480 e. The van der Waals surface area contributed by atoms with Gasteiger partial charge in [0, 0.05) is 12.8 Å². The van der Waals surface area contributed by atoms with Crippen molar-refractivity contribution in [2.45, 2.75) is 206 Å². The third kappa shape index (κ3) is 35.3. The van der Waals surface area contributed by atoms with E-state index in [4.69, 9.17) is 24.8 Å². The molecule has 0 bridgehead atoms. The van der Waals surface area contributed by atoms with Crippen molar-refractivity contribution in [3.63, 3.8) is 0 Å². The second-order valence-electron chi connectivity index (χ2n) is 14.1. The van der Waals surface area contributed by atoms with Gasteiger partial charge in [-0.1, -0.05) is 154 Å². The molecule has 12 heteroatoms. The first-order chi connectivity index (χ1) is 25.1. The zero-order chi connectivity index (χ0) is 38.5. The van der Waals surface area contributed by atoms with Gasteiger partial charge in [0.05, 0.1) is 13.2 Å². The molecule has 0 spiro atoms. The van der Waals surface area contributed by atoms with Crippen molar-refractivity contribution in [2.75, 3.05) is 19.8 Å². The molecule has 0 saturated carbocycles. The van der Waals surface area contributed by atoms with Crippen LogP contribution in [0.2, 0.25) is 0 Å². The molecule has 0 aliphatic carbocycles. The van der Waals surface area contributed by atoms with E-state index < -0.39 is 51.1 Å². The number of ether oxygens (including phenoxy) is 2. The first-order valence-corrected chi connectivity index (χ1v) is 22.2. The molecular formula is C40H76NO10P. The number of hydrogen-bond donors (Lipinski definition) is 3. The van der Waals surface area contributed by atoms with E-state index in [2.05, 4.69) is 30.5 Å². The minimum absolute atomic E-state index is 0.155. The van der Waals surface area contributed by atoms with Gasteiger partial charge in [0.2, 0.25) is 0 Å². The maximum atomic E-state index is 12.6. The van der Waals surface area contributed by atoms with E-state index >= 15 is 0 Å². The summed E-state index contributed by atoms with van der Waals surface area (Å²) in [6, 6.07) is -1.52. The Balaban J connectivity index is 4.39. The number of carboxylic acids is 1. The zero-order valence-corrected chi connectivity index (χ0v) is 33.8. The molecule has 52 heavy (non-hydrogen) atoms. The van der Waals surface area contributed by atoms with E-state index in [0.717, 1.165) is 57.8 Å². The molecule has 0 fully saturated rings. The number of carbonyl (C=O) groups excluding carboxylic acids is 2. The molecule has 11 nitrogen and oxygen atoms in total. The standard InChI is InChI=1S/C40H76NO10P/c1-3-5-7-9-11-13-15-17-19-21-23-25-27-29-31-38(42)48-33-36(34-49-52(46,47)50-35-37(41)40(44)45)51-39(43)32-30-28-26-24-22-20-18-16-14-12-10-8-6-4-2/h16,18,36-37H,3-15,17,19-35,41H2,1-2H3,(H,44,45)(H,46,47)/b18-16-/t36-,37+/m1/s1. The van der Waals surface area contributed by atoms with Gasteiger partial charge in [-0.25, -0.2) is 4.57 Å². The first-order valence-electron chi connectivity index (χ1n) is 20.7. The lowest BCUT2D eigenvalue weighted by Gasteiger charge is -2.20. The minimum Gasteiger partial charge on any atom is -0.480 e. The molecule has 4 N–H and O–H groups in total. The topological polar surface area (TPSA) is 172 Å². The minimum atomic E-state index is -4.71. The molecule has 306 valence electrons. The van der Waals surface area contributed by atoms with Crippen LogP contribution in [0.1, 0.15) is 194 Å². The Kier molecular flexibility index (Phi) is 35.0. The maximum absolute atomic E-state index is 12.6. The van der Waals surface area contributed by atoms with Crippen LogP contribution < -0.4 is 5.73 Å². The number of nitrogens with two attached hydrogens (primary N) is 1. The van der Waals surface area contributed by atoms with E-state index in [-0.39, 0.29) is 19.4 Å². The Labute approximate surface area is 316 Å². The Hall–Kier alpha value is -1.78. The summed E-state index contributed by atoms with van der Waals surface area (Å²) in [5, 5.41) is 8.87. The first kappa shape index (κ1) is 50.2. The summed E-state index contributed by atoms with van der Waals surface area (Å²) in [6.07, 6.45) is 34.2. The van der Waals surface area contributed by atoms with Crippen LogP contribution in [0.15, 0.2) is 12.2 Å². The van der Waals surface area contributed by atoms with Gasteiger partial charge in [-0.3, -0.25) is 23.4 Å². The van der Waals surface area contributed by atoms with Crippen molar-refractivity contribution < 1.29 is 47.5 Å². The highest BCUT2D eigenvalue weighted by atomic mass is 31.2. The summed E-state index contributed by atoms with van der Waals surface area (Å²) < 4.78 is 32.6. The van der Waals surface area contributed by atoms with Crippen LogP contribution in [-0.4, -0.2) is 59.9 Å². The number of esters is 2. The zero-order valence-electron chi connectivity index (χ0n) is 32.9. The number of phosphoric ester groups is 1. The molecule has 0 saturated heterocycles. The Morgan fingerprint density at radius 3 is 1.40 bits per heavy atom. The molecule has 0 aromatic rings. The van der Waals surface area contributed by atoms with Gasteiger partial charge in [-0.15, -0.1) is 0 Å². The lowest BCUT2D eigenvalue weighted by Crippen LogP contribution is -2.34. The predicted octanol–water partition coefficient (Wildman–Crippen LogP) is 10.5. The number of hydrogen-bond acceptors (Lipinski definition) is 9. The van der Waals surface area contributed by atoms with Crippen molar-refractivity contribution >= 4 is 25.7 Å². The summed E-state index contributed by atoms with van der Waals surface area (Å²) >= 11 is 0. The highest BCUT2D eigenvalue weighted by molar-refractivity contribution is 7.47. The fourth-order valence-corrected chi connectivity index (χ4v) is 6.48. The maximum Gasteiger partial charge on any atom is 0.472 e. The molecule has 0 aromatic carbocycles. The fourth-order valence-electron chi connectivity index (χ4n) is 5.71. The Morgan fingerprint density at radius 1 is 0.577 bits per heavy atom. The van der Waals surface area contributed by atoms with E-state index in [9.17, 15) is 23.8 Å². The van der Waals surface area contributed by atoms with E-state index in [0.29, 0.717) is 12.8 Å². The Bertz CT molecular complexity index is 947. The number of unbranched alkanes of at least 4 members (excludes halogenated alkanes) is 23. The van der Waals surface area contributed by atoms with Crippen LogP contribution in [0.3, 0.4) is 0 Å². The van der Waals surface area contributed by atoms with Crippen molar-refractivity contribution in [2.24, 2.45) is 5.73 Å². The van der Waals surface area contributed by atoms with Crippen LogP contribution >= 0.6 is 7.82 Å². The van der Waals surface area contributed by atoms with Gasteiger partial charge in [-0.05, 0) is 38.5 Å². The summed E-state index contributed by atoms with van der Waals surface area (Å²) in [6.45, 7) is 2.79. The van der Waals surface area contributed by atoms with Crippen LogP contribution in [0, 0.1) is 0 Å². The average molecular weight is 762 g/mol. The van der Waals surface area contributed by atoms with Gasteiger partial charge in [0.1, 0.15) is 12.6 Å². The molecule has 0 amide bonds. The van der Waals surface area contributed by atoms with E-state index in [1.807, 2.05) is 0 Å². The number of rotatable bonds is 39. The number of aliphatic carboxylic acids is 1. The fraction of sp³-hybridized carbons (Fsp3) is 0.875. The molecule has 3 atom stereocenters. The molecule has 1 unspecified atom stereocenters. The van der Waals surface area contributed by atoms with Crippen molar-refractivity contribution in [1.82, 2.24) is 0 Å². The van der Waals surface area contributed by atoms with Crippen molar-refractivity contribution in [3.05, 3.63) is 12.2 Å². The molecule has 0 radical (unpaired) electrons. The molecule has 0 rings (SSSR count). The predicted molar refractivity (Wildman–Crippen MR) is 208 cm³/mol. The van der Waals surface area contributed by atoms with E-state index in [1.54, 1.807) is 0 Å². The van der Waals surface area contributed by atoms with Crippen molar-refractivity contribution in [1.29, 1.82) is 0 Å². The Morgan fingerprint density at radius 2 is 0.962 bits per heavy atom. The third-order valence-electron chi connectivity index (χ3n) is 9.01. The van der Waals surface area contributed by atoms with Crippen LogP contribution in [0.4, 0.5) is 0 Å². The van der Waals surface area contributed by atoms with Gasteiger partial charge in [0.15, 0.2) is 6.10 Å². The molecule has 0 heterocycles. The monoisotopic (exact) mass is 762 g/mol. The molecule has 0 aliphatic rings. The van der Waals surface area contributed by atoms with Gasteiger partial charge in [-0.2, -0.15) is 0 Å². The van der Waals surface area contributed by atoms with Crippen molar-refractivity contribution in [3.8, 4) is 0 Å². The second-order valence-corrected chi connectivity index (χ2v) is 15.6. The highest BCUT2D eigenvalue weighted by Crippen LogP contribution is 2.43. The number of allylic oxidation sites excluding steroid dienone is 2. The van der Waals surface area contributed by atoms with Crippen LogP contribution in [0.5, 0.6) is 0 Å². The molecule has 0 aliphatic heterocycles. The normalized spacial score (nSPS) is 13.9. The van der Waals surface area contributed by atoms with Gasteiger partial charge in [0.25, 0.3) is 0 Å². The lowest BCUT2D eigenvalue weighted by molar-refractivity contribution is -0.161. The third-order valence-corrected chi connectivity index (χ3v) is 9.96. The van der Waals surface area contributed by atoms with Crippen LogP contribution in [-0.2, 0) is 37.5 Å². The molecule has 0 aromatic heterocycles. The van der Waals surface area contributed by atoms with E-state index in [1.165, 1.54) is 96.3 Å². The SMILES string of the molecule is CCCCCCC/C=C\CCCCCCCC(=O)O[C@H](COC(=O)CCCCCCCCCCCCCCCC)COP(=O)(O)OC[C@H](N)C(=O)O. The molecular weight excluding hydrogens is 685 g/mol. The highest BCUT2D eigenvalue weighted by Gasteiger charge is 2.28. The summed E-state index contributed by atoms with van der Waals surface area (Å²) in [4.78, 5) is 45.8. The quantitative estimate of drug-likeness (QED) is 0.0235. The smallest absolute Gasteiger partial charge is 0.472 e. The second kappa shape index (κ2) is 36.2. The number of carboxylic acid groups (broad SMARTS) is 1. The van der Waals surface area contributed by atoms with Gasteiger partial charge >= 0.3 is 25.7 Å². The number of phosphoric acid groups is 1. The lowest BCUT2D eigenvalue weighted by atomic mass is 10.0. The summed E-state index contributed by atoms with van der Waals surface area (Å²) in [5.74, 6) is -2.38. The number of carbonyl (C=O) groups is 3. The average Bonchev–Trinajstić information content (AvgIpc) is 3.12. The summed E-state index contributed by atoms with van der Waals surface area (Å²) in [5.41, 5.74) is 5.32. The van der Waals surface area contributed by atoms with Gasteiger partial charge < -0.3 is 25.2 Å². The van der Waals surface area contributed by atoms with Crippen LogP contribution in [0.25, 0.3) is 0 Å².